The van der Waals surface area contributed by atoms with Crippen LogP contribution in [-0.4, -0.2) is 21.0 Å². The number of nitrogens with zero attached hydrogens (tertiary/aromatic N) is 2. The van der Waals surface area contributed by atoms with Gasteiger partial charge in [0.25, 0.3) is 0 Å². The summed E-state index contributed by atoms with van der Waals surface area (Å²) >= 11 is 0. The van der Waals surface area contributed by atoms with Crippen LogP contribution in [-0.2, 0) is 11.4 Å². The first-order chi connectivity index (χ1) is 11.2. The number of hydrogen-bond acceptors (Lipinski definition) is 4. The standard InChI is InChI=1S/C18H14N2O3/c21-18(22)9-8-13-10-19-17(20-11-13)12-23-16-7-3-5-14-4-1-2-6-15(14)16/h1-11H,12H2,(H,21,22)/b9-8+. The van der Waals surface area contributed by atoms with E-state index in [-0.39, 0.29) is 6.61 Å². The van der Waals surface area contributed by atoms with Gasteiger partial charge in [-0.15, -0.1) is 0 Å². The Labute approximate surface area is 132 Å². The zero-order valence-corrected chi connectivity index (χ0v) is 12.2. The van der Waals surface area contributed by atoms with Gasteiger partial charge in [-0.1, -0.05) is 36.4 Å². The highest BCUT2D eigenvalue weighted by Crippen LogP contribution is 2.25. The van der Waals surface area contributed by atoms with Crippen LogP contribution in [0.2, 0.25) is 0 Å². The SMILES string of the molecule is O=C(O)/C=C/c1cnc(COc2cccc3ccccc23)nc1. The third-order valence-electron chi connectivity index (χ3n) is 3.25. The first-order valence-electron chi connectivity index (χ1n) is 7.05. The number of carbonyl (C=O) groups is 1. The Morgan fingerprint density at radius 2 is 1.83 bits per heavy atom. The monoisotopic (exact) mass is 306 g/mol. The van der Waals surface area contributed by atoms with Gasteiger partial charge in [-0.25, -0.2) is 14.8 Å². The molecule has 5 nitrogen and oxygen atoms in total. The maximum Gasteiger partial charge on any atom is 0.328 e. The molecule has 3 aromatic rings. The average molecular weight is 306 g/mol. The van der Waals surface area contributed by atoms with Crippen LogP contribution in [0, 0.1) is 0 Å². The molecule has 3 rings (SSSR count). The zero-order chi connectivity index (χ0) is 16.1. The summed E-state index contributed by atoms with van der Waals surface area (Å²) in [6.45, 7) is 0.247. The molecule has 0 aliphatic heterocycles. The molecule has 1 N–H and O–H groups in total. The first-order valence-corrected chi connectivity index (χ1v) is 7.05. The fourth-order valence-electron chi connectivity index (χ4n) is 2.16. The Bertz CT molecular complexity index is 852. The molecule has 0 atom stereocenters. The molecule has 0 fully saturated rings. The largest absolute Gasteiger partial charge is 0.485 e. The molecule has 1 aromatic heterocycles. The van der Waals surface area contributed by atoms with Crippen LogP contribution in [0.5, 0.6) is 5.75 Å². The number of carboxylic acids is 1. The predicted octanol–water partition coefficient (Wildman–Crippen LogP) is 3.31. The molecule has 0 spiro atoms. The van der Waals surface area contributed by atoms with Crippen LogP contribution in [0.3, 0.4) is 0 Å². The van der Waals surface area contributed by atoms with Crippen LogP contribution in [0.15, 0.2) is 60.9 Å². The number of aromatic nitrogens is 2. The van der Waals surface area contributed by atoms with E-state index >= 15 is 0 Å². The molecule has 1 heterocycles. The van der Waals surface area contributed by atoms with Crippen LogP contribution in [0.1, 0.15) is 11.4 Å². The van der Waals surface area contributed by atoms with E-state index in [0.717, 1.165) is 22.6 Å². The van der Waals surface area contributed by atoms with Crippen LogP contribution < -0.4 is 4.74 Å². The van der Waals surface area contributed by atoms with Gasteiger partial charge >= 0.3 is 5.97 Å². The second-order valence-corrected chi connectivity index (χ2v) is 4.87. The highest BCUT2D eigenvalue weighted by molar-refractivity contribution is 5.88. The molecule has 2 aromatic carbocycles. The zero-order valence-electron chi connectivity index (χ0n) is 12.2. The number of carboxylic acid groups (broad SMARTS) is 1. The Balaban J connectivity index is 1.71. The minimum absolute atomic E-state index is 0.247. The highest BCUT2D eigenvalue weighted by atomic mass is 16.5. The molecule has 0 aliphatic carbocycles. The quantitative estimate of drug-likeness (QED) is 0.732. The van der Waals surface area contributed by atoms with Crippen molar-refractivity contribution in [1.29, 1.82) is 0 Å². The number of aliphatic carboxylic acids is 1. The van der Waals surface area contributed by atoms with Gasteiger partial charge in [0.05, 0.1) is 0 Å². The van der Waals surface area contributed by atoms with Crippen LogP contribution in [0.4, 0.5) is 0 Å². The van der Waals surface area contributed by atoms with E-state index in [1.54, 1.807) is 12.4 Å². The predicted molar refractivity (Wildman–Crippen MR) is 87.0 cm³/mol. The van der Waals surface area contributed by atoms with Crippen molar-refractivity contribution < 1.29 is 14.6 Å². The molecule has 0 amide bonds. The lowest BCUT2D eigenvalue weighted by Crippen LogP contribution is -2.01. The topological polar surface area (TPSA) is 72.3 Å². The van der Waals surface area contributed by atoms with Gasteiger partial charge in [0.2, 0.25) is 0 Å². The van der Waals surface area contributed by atoms with E-state index in [4.69, 9.17) is 9.84 Å². The maximum absolute atomic E-state index is 10.5. The van der Waals surface area contributed by atoms with Crippen molar-refractivity contribution in [2.24, 2.45) is 0 Å². The van der Waals surface area contributed by atoms with Gasteiger partial charge in [-0.05, 0) is 17.5 Å². The molecule has 114 valence electrons. The maximum atomic E-state index is 10.5. The molecule has 5 heteroatoms. The average Bonchev–Trinajstić information content (AvgIpc) is 2.59. The van der Waals surface area contributed by atoms with E-state index < -0.39 is 5.97 Å². The summed E-state index contributed by atoms with van der Waals surface area (Å²) in [7, 11) is 0. The Morgan fingerprint density at radius 3 is 2.61 bits per heavy atom. The summed E-state index contributed by atoms with van der Waals surface area (Å²) in [5, 5.41) is 10.7. The van der Waals surface area contributed by atoms with Gasteiger partial charge in [0, 0.05) is 29.4 Å². The van der Waals surface area contributed by atoms with E-state index in [2.05, 4.69) is 9.97 Å². The fourth-order valence-corrected chi connectivity index (χ4v) is 2.16. The van der Waals surface area contributed by atoms with Gasteiger partial charge < -0.3 is 9.84 Å². The molecule has 0 saturated heterocycles. The third kappa shape index (κ3) is 3.71. The van der Waals surface area contributed by atoms with Gasteiger partial charge in [0.15, 0.2) is 5.82 Å². The first kappa shape index (κ1) is 14.7. The van der Waals surface area contributed by atoms with Crippen molar-refractivity contribution in [3.63, 3.8) is 0 Å². The normalized spacial score (nSPS) is 11.0. The van der Waals surface area contributed by atoms with Gasteiger partial charge in [0.1, 0.15) is 12.4 Å². The van der Waals surface area contributed by atoms with Crippen LogP contribution in [0.25, 0.3) is 16.8 Å². The summed E-state index contributed by atoms with van der Waals surface area (Å²) in [5.74, 6) is 0.306. The van der Waals surface area contributed by atoms with Crippen molar-refractivity contribution in [1.82, 2.24) is 9.97 Å². The minimum atomic E-state index is -1.01. The number of ether oxygens (including phenoxy) is 1. The number of fused-ring (bicyclic) bond motifs is 1. The summed E-state index contributed by atoms with van der Waals surface area (Å²) in [6.07, 6.45) is 5.62. The summed E-state index contributed by atoms with van der Waals surface area (Å²) in [4.78, 5) is 18.8. The Morgan fingerprint density at radius 1 is 1.09 bits per heavy atom. The fraction of sp³-hybridized carbons (Fsp3) is 0.0556. The molecule has 0 aliphatic rings. The molecule has 0 bridgehead atoms. The number of rotatable bonds is 5. The lowest BCUT2D eigenvalue weighted by molar-refractivity contribution is -0.131. The van der Waals surface area contributed by atoms with Crippen molar-refractivity contribution in [3.8, 4) is 5.75 Å². The summed E-state index contributed by atoms with van der Waals surface area (Å²) in [5.41, 5.74) is 0.626. The van der Waals surface area contributed by atoms with Crippen molar-refractivity contribution in [2.75, 3.05) is 0 Å². The summed E-state index contributed by atoms with van der Waals surface area (Å²) in [6, 6.07) is 13.9. The third-order valence-corrected chi connectivity index (χ3v) is 3.25. The molecule has 0 saturated carbocycles. The lowest BCUT2D eigenvalue weighted by atomic mass is 10.1. The molecule has 0 radical (unpaired) electrons. The highest BCUT2D eigenvalue weighted by Gasteiger charge is 2.03. The van der Waals surface area contributed by atoms with Gasteiger partial charge in [-0.3, -0.25) is 0 Å². The van der Waals surface area contributed by atoms with Crippen LogP contribution >= 0.6 is 0 Å². The second kappa shape index (κ2) is 6.70. The van der Waals surface area contributed by atoms with E-state index in [9.17, 15) is 4.79 Å². The van der Waals surface area contributed by atoms with Gasteiger partial charge in [-0.2, -0.15) is 0 Å². The van der Waals surface area contributed by atoms with Crippen molar-refractivity contribution in [2.45, 2.75) is 6.61 Å². The second-order valence-electron chi connectivity index (χ2n) is 4.87. The molecule has 0 unspecified atom stereocenters. The lowest BCUT2D eigenvalue weighted by Gasteiger charge is -2.08. The number of benzene rings is 2. The summed E-state index contributed by atoms with van der Waals surface area (Å²) < 4.78 is 5.81. The Kier molecular flexibility index (Phi) is 4.29. The van der Waals surface area contributed by atoms with Crippen molar-refractivity contribution >= 4 is 22.8 Å². The molecule has 23 heavy (non-hydrogen) atoms. The smallest absolute Gasteiger partial charge is 0.328 e. The Hall–Kier alpha value is -3.21. The minimum Gasteiger partial charge on any atom is -0.485 e. The van der Waals surface area contributed by atoms with E-state index in [1.807, 2.05) is 42.5 Å². The van der Waals surface area contributed by atoms with E-state index in [0.29, 0.717) is 11.4 Å². The van der Waals surface area contributed by atoms with Crippen molar-refractivity contribution in [3.05, 3.63) is 72.3 Å². The van der Waals surface area contributed by atoms with E-state index in [1.165, 1.54) is 6.08 Å². The molecular formula is C18H14N2O3. The number of hydrogen-bond donors (Lipinski definition) is 1. The molecular weight excluding hydrogens is 292 g/mol.